The molecule has 19 heavy (non-hydrogen) atoms. The lowest BCUT2D eigenvalue weighted by Gasteiger charge is -2.06. The Bertz CT molecular complexity index is 700. The zero-order chi connectivity index (χ0) is 14.0. The van der Waals surface area contributed by atoms with Gasteiger partial charge in [-0.15, -0.1) is 0 Å². The second-order valence-electron chi connectivity index (χ2n) is 3.67. The fourth-order valence-electron chi connectivity index (χ4n) is 1.44. The van der Waals surface area contributed by atoms with Gasteiger partial charge in [-0.2, -0.15) is 0 Å². The molecule has 2 rings (SSSR count). The Balaban J connectivity index is 2.34. The summed E-state index contributed by atoms with van der Waals surface area (Å²) in [5, 5.41) is 0. The maximum Gasteiger partial charge on any atom is 0.266 e. The minimum Gasteiger partial charge on any atom is -0.452 e. The Kier molecular flexibility index (Phi) is 3.93. The largest absolute Gasteiger partial charge is 0.452 e. The molecule has 2 aromatic rings. The van der Waals surface area contributed by atoms with E-state index in [0.717, 1.165) is 6.07 Å². The highest BCUT2D eigenvalue weighted by molar-refractivity contribution is 9.10. The number of sulfonamides is 1. The van der Waals surface area contributed by atoms with E-state index in [-0.39, 0.29) is 21.8 Å². The highest BCUT2D eigenvalue weighted by atomic mass is 79.9. The van der Waals surface area contributed by atoms with Crippen LogP contribution < -0.4 is 10.5 Å². The Morgan fingerprint density at radius 3 is 2.68 bits per heavy atom. The van der Waals surface area contributed by atoms with Crippen molar-refractivity contribution in [1.82, 2.24) is 0 Å². The number of furan rings is 1. The van der Waals surface area contributed by atoms with Crippen LogP contribution >= 0.6 is 15.9 Å². The quantitative estimate of drug-likeness (QED) is 0.888. The van der Waals surface area contributed by atoms with Crippen LogP contribution in [0.3, 0.4) is 0 Å². The average molecular weight is 349 g/mol. The first-order chi connectivity index (χ1) is 8.92. The fourth-order valence-corrected chi connectivity index (χ4v) is 3.49. The minimum atomic E-state index is -3.86. The topological polar surface area (TPSA) is 85.3 Å². The summed E-state index contributed by atoms with van der Waals surface area (Å²) in [6.45, 7) is 0.0775. The van der Waals surface area contributed by atoms with Gasteiger partial charge in [0.05, 0.1) is 12.2 Å². The normalized spacial score (nSPS) is 11.5. The van der Waals surface area contributed by atoms with E-state index in [4.69, 9.17) is 10.2 Å². The highest BCUT2D eigenvalue weighted by Crippen LogP contribution is 2.27. The van der Waals surface area contributed by atoms with Gasteiger partial charge in [0, 0.05) is 6.07 Å². The molecule has 0 spiro atoms. The number of halogens is 2. The van der Waals surface area contributed by atoms with Gasteiger partial charge < -0.3 is 10.2 Å². The lowest BCUT2D eigenvalue weighted by Crippen LogP contribution is -2.12. The summed E-state index contributed by atoms with van der Waals surface area (Å²) >= 11 is 3.01. The van der Waals surface area contributed by atoms with Crippen molar-refractivity contribution in [3.8, 4) is 0 Å². The molecule has 0 atom stereocenters. The van der Waals surface area contributed by atoms with E-state index in [0.29, 0.717) is 5.76 Å². The van der Waals surface area contributed by atoms with Crippen molar-refractivity contribution in [2.75, 3.05) is 4.72 Å². The molecule has 0 aliphatic carbocycles. The van der Waals surface area contributed by atoms with E-state index in [1.165, 1.54) is 24.3 Å². The van der Waals surface area contributed by atoms with Crippen LogP contribution in [0.1, 0.15) is 5.76 Å². The van der Waals surface area contributed by atoms with Crippen molar-refractivity contribution in [2.24, 2.45) is 5.73 Å². The number of benzene rings is 1. The molecule has 102 valence electrons. The van der Waals surface area contributed by atoms with E-state index < -0.39 is 15.8 Å². The van der Waals surface area contributed by atoms with Crippen LogP contribution in [0, 0.1) is 5.82 Å². The number of hydrogen-bond acceptors (Lipinski definition) is 4. The molecular weight excluding hydrogens is 339 g/mol. The molecule has 0 aliphatic heterocycles. The zero-order valence-corrected chi connectivity index (χ0v) is 12.0. The number of nitrogens with two attached hydrogens (primary N) is 1. The predicted octanol–water partition coefficient (Wildman–Crippen LogP) is 2.44. The molecule has 1 heterocycles. The fraction of sp³-hybridized carbons (Fsp3) is 0.0909. The van der Waals surface area contributed by atoms with Gasteiger partial charge in [0.2, 0.25) is 0 Å². The molecule has 3 N–H and O–H groups in total. The Morgan fingerprint density at radius 2 is 2.11 bits per heavy atom. The molecule has 0 unspecified atom stereocenters. The van der Waals surface area contributed by atoms with Crippen LogP contribution in [-0.4, -0.2) is 8.42 Å². The maximum atomic E-state index is 13.0. The van der Waals surface area contributed by atoms with Crippen LogP contribution in [0.2, 0.25) is 0 Å². The maximum absolute atomic E-state index is 13.0. The average Bonchev–Trinajstić information content (AvgIpc) is 2.71. The summed E-state index contributed by atoms with van der Waals surface area (Å²) in [6, 6.07) is 6.46. The molecule has 8 heteroatoms. The van der Waals surface area contributed by atoms with Gasteiger partial charge in [0.25, 0.3) is 10.0 Å². The molecule has 5 nitrogen and oxygen atoms in total. The number of anilines is 1. The van der Waals surface area contributed by atoms with Crippen molar-refractivity contribution in [3.05, 3.63) is 46.6 Å². The molecule has 1 aromatic heterocycles. The third-order valence-corrected chi connectivity index (χ3v) is 4.51. The number of rotatable bonds is 4. The summed E-state index contributed by atoms with van der Waals surface area (Å²) in [4.78, 5) is -0.0859. The molecular formula is C11H10BrFN2O3S. The standard InChI is InChI=1S/C11H10BrFN2O3S/c12-11-10(5-9(6-14)18-11)19(16,17)15-8-3-1-2-7(13)4-8/h1-5,15H,6,14H2. The molecule has 0 saturated carbocycles. The van der Waals surface area contributed by atoms with E-state index in [9.17, 15) is 12.8 Å². The minimum absolute atomic E-state index is 0.0526. The lowest BCUT2D eigenvalue weighted by atomic mass is 10.3. The van der Waals surface area contributed by atoms with Crippen LogP contribution in [0.5, 0.6) is 0 Å². The van der Waals surface area contributed by atoms with Crippen LogP contribution in [0.4, 0.5) is 10.1 Å². The molecule has 0 bridgehead atoms. The SMILES string of the molecule is NCc1cc(S(=O)(=O)Nc2cccc(F)c2)c(Br)o1. The van der Waals surface area contributed by atoms with Gasteiger partial charge in [-0.3, -0.25) is 4.72 Å². The van der Waals surface area contributed by atoms with Gasteiger partial charge in [-0.1, -0.05) is 6.07 Å². The Hall–Kier alpha value is -1.38. The second-order valence-corrected chi connectivity index (χ2v) is 6.04. The molecule has 0 saturated heterocycles. The van der Waals surface area contributed by atoms with E-state index in [1.54, 1.807) is 0 Å². The highest BCUT2D eigenvalue weighted by Gasteiger charge is 2.22. The number of hydrogen-bond donors (Lipinski definition) is 2. The first-order valence-corrected chi connectivity index (χ1v) is 7.46. The van der Waals surface area contributed by atoms with E-state index in [1.807, 2.05) is 0 Å². The molecule has 1 aromatic carbocycles. The van der Waals surface area contributed by atoms with Crippen molar-refractivity contribution < 1.29 is 17.2 Å². The molecule has 0 aliphatic rings. The third kappa shape index (κ3) is 3.14. The van der Waals surface area contributed by atoms with Crippen molar-refractivity contribution in [2.45, 2.75) is 11.4 Å². The second kappa shape index (κ2) is 5.32. The molecule has 0 amide bonds. The Labute approximate surface area is 117 Å². The van der Waals surface area contributed by atoms with Gasteiger partial charge >= 0.3 is 0 Å². The van der Waals surface area contributed by atoms with Crippen LogP contribution in [0.15, 0.2) is 44.3 Å². The van der Waals surface area contributed by atoms with E-state index >= 15 is 0 Å². The van der Waals surface area contributed by atoms with Gasteiger partial charge in [-0.25, -0.2) is 12.8 Å². The van der Waals surface area contributed by atoms with Crippen molar-refractivity contribution >= 4 is 31.6 Å². The lowest BCUT2D eigenvalue weighted by molar-refractivity contribution is 0.484. The van der Waals surface area contributed by atoms with Crippen LogP contribution in [-0.2, 0) is 16.6 Å². The summed E-state index contributed by atoms with van der Waals surface area (Å²) in [6.07, 6.45) is 0. The van der Waals surface area contributed by atoms with Gasteiger partial charge in [-0.05, 0) is 34.1 Å². The molecule has 0 fully saturated rings. The monoisotopic (exact) mass is 348 g/mol. The van der Waals surface area contributed by atoms with Gasteiger partial charge in [0.1, 0.15) is 16.5 Å². The van der Waals surface area contributed by atoms with Crippen molar-refractivity contribution in [1.29, 1.82) is 0 Å². The van der Waals surface area contributed by atoms with Crippen molar-refractivity contribution in [3.63, 3.8) is 0 Å². The summed E-state index contributed by atoms with van der Waals surface area (Å²) < 4.78 is 44.6. The zero-order valence-electron chi connectivity index (χ0n) is 9.56. The van der Waals surface area contributed by atoms with E-state index in [2.05, 4.69) is 20.7 Å². The summed E-state index contributed by atoms with van der Waals surface area (Å²) in [5.41, 5.74) is 5.50. The third-order valence-electron chi connectivity index (χ3n) is 2.27. The predicted molar refractivity (Wildman–Crippen MR) is 71.5 cm³/mol. The first-order valence-electron chi connectivity index (χ1n) is 5.19. The first kappa shape index (κ1) is 14.0. The van der Waals surface area contributed by atoms with Gasteiger partial charge in [0.15, 0.2) is 4.67 Å². The smallest absolute Gasteiger partial charge is 0.266 e. The summed E-state index contributed by atoms with van der Waals surface area (Å²) in [5.74, 6) is -0.208. The summed E-state index contributed by atoms with van der Waals surface area (Å²) in [7, 11) is -3.86. The molecule has 0 radical (unpaired) electrons. The number of nitrogens with one attached hydrogen (secondary N) is 1. The Morgan fingerprint density at radius 1 is 1.37 bits per heavy atom. The van der Waals surface area contributed by atoms with Crippen LogP contribution in [0.25, 0.3) is 0 Å².